The van der Waals surface area contributed by atoms with E-state index in [0.29, 0.717) is 6.61 Å². The average Bonchev–Trinajstić information content (AvgIpc) is 2.43. The molecule has 1 aliphatic rings. The Morgan fingerprint density at radius 1 is 1.50 bits per heavy atom. The molecule has 3 nitrogen and oxygen atoms in total. The summed E-state index contributed by atoms with van der Waals surface area (Å²) >= 11 is 0. The predicted molar refractivity (Wildman–Crippen MR) is 54.9 cm³/mol. The minimum absolute atomic E-state index is 0.0558. The standard InChI is InChI=1S/C11H20O3/c1-10(2,6-5-7-12)9-8-13-11(3,4)14-9/h5-6,9,12H,7-8H2,1-4H3/b6-5+. The highest BCUT2D eigenvalue weighted by Crippen LogP contribution is 2.34. The molecule has 0 saturated carbocycles. The second-order valence-corrected chi connectivity index (χ2v) is 4.72. The van der Waals surface area contributed by atoms with Crippen LogP contribution in [0.3, 0.4) is 0 Å². The van der Waals surface area contributed by atoms with E-state index < -0.39 is 5.79 Å². The Kier molecular flexibility index (Phi) is 3.35. The van der Waals surface area contributed by atoms with Crippen molar-refractivity contribution in [3.63, 3.8) is 0 Å². The predicted octanol–water partition coefficient (Wildman–Crippen LogP) is 1.71. The van der Waals surface area contributed by atoms with E-state index in [4.69, 9.17) is 14.6 Å². The Morgan fingerprint density at radius 3 is 2.57 bits per heavy atom. The summed E-state index contributed by atoms with van der Waals surface area (Å²) < 4.78 is 11.3. The summed E-state index contributed by atoms with van der Waals surface area (Å²) in [6.07, 6.45) is 3.78. The summed E-state index contributed by atoms with van der Waals surface area (Å²) in [6, 6.07) is 0. The number of ether oxygens (including phenoxy) is 2. The molecule has 1 atom stereocenters. The molecular weight excluding hydrogens is 180 g/mol. The zero-order valence-electron chi connectivity index (χ0n) is 9.41. The van der Waals surface area contributed by atoms with Crippen LogP contribution in [0.4, 0.5) is 0 Å². The lowest BCUT2D eigenvalue weighted by Gasteiger charge is -2.28. The highest BCUT2D eigenvalue weighted by molar-refractivity contribution is 5.00. The first-order valence-corrected chi connectivity index (χ1v) is 4.98. The topological polar surface area (TPSA) is 38.7 Å². The van der Waals surface area contributed by atoms with Crippen LogP contribution in [0.25, 0.3) is 0 Å². The maximum Gasteiger partial charge on any atom is 0.163 e. The van der Waals surface area contributed by atoms with Gasteiger partial charge in [0.1, 0.15) is 0 Å². The van der Waals surface area contributed by atoms with Crippen molar-refractivity contribution < 1.29 is 14.6 Å². The zero-order chi connectivity index (χ0) is 10.8. The van der Waals surface area contributed by atoms with Crippen LogP contribution in [-0.2, 0) is 9.47 Å². The monoisotopic (exact) mass is 200 g/mol. The van der Waals surface area contributed by atoms with Gasteiger partial charge in [0, 0.05) is 5.41 Å². The minimum atomic E-state index is -0.477. The quantitative estimate of drug-likeness (QED) is 0.705. The van der Waals surface area contributed by atoms with Crippen molar-refractivity contribution in [2.45, 2.75) is 39.6 Å². The van der Waals surface area contributed by atoms with Gasteiger partial charge in [0.15, 0.2) is 5.79 Å². The van der Waals surface area contributed by atoms with Crippen LogP contribution in [0.1, 0.15) is 27.7 Å². The molecule has 0 aromatic heterocycles. The summed E-state index contributed by atoms with van der Waals surface area (Å²) in [5.41, 5.74) is -0.101. The summed E-state index contributed by atoms with van der Waals surface area (Å²) in [4.78, 5) is 0. The highest BCUT2D eigenvalue weighted by Gasteiger charge is 2.40. The molecule has 1 aliphatic heterocycles. The van der Waals surface area contributed by atoms with Crippen molar-refractivity contribution in [1.82, 2.24) is 0 Å². The van der Waals surface area contributed by atoms with Gasteiger partial charge in [0.05, 0.1) is 19.3 Å². The Morgan fingerprint density at radius 2 is 2.14 bits per heavy atom. The lowest BCUT2D eigenvalue weighted by atomic mass is 9.86. The van der Waals surface area contributed by atoms with Crippen molar-refractivity contribution in [2.75, 3.05) is 13.2 Å². The van der Waals surface area contributed by atoms with Gasteiger partial charge in [-0.15, -0.1) is 0 Å². The first-order chi connectivity index (χ1) is 6.37. The molecule has 14 heavy (non-hydrogen) atoms. The van der Waals surface area contributed by atoms with Gasteiger partial charge in [-0.1, -0.05) is 26.0 Å². The zero-order valence-corrected chi connectivity index (χ0v) is 9.41. The Balaban J connectivity index is 2.61. The molecule has 1 saturated heterocycles. The number of aliphatic hydroxyl groups excluding tert-OH is 1. The highest BCUT2D eigenvalue weighted by atomic mass is 16.7. The number of aliphatic hydroxyl groups is 1. The molecule has 0 aliphatic carbocycles. The Labute approximate surface area is 85.7 Å². The SMILES string of the molecule is CC1(C)OCC(C(C)(C)/C=C/CO)O1. The van der Waals surface area contributed by atoms with Crippen LogP contribution in [-0.4, -0.2) is 30.2 Å². The second-order valence-electron chi connectivity index (χ2n) is 4.72. The molecule has 1 N–H and O–H groups in total. The minimum Gasteiger partial charge on any atom is -0.392 e. The van der Waals surface area contributed by atoms with E-state index in [9.17, 15) is 0 Å². The van der Waals surface area contributed by atoms with Gasteiger partial charge in [0.2, 0.25) is 0 Å². The van der Waals surface area contributed by atoms with Gasteiger partial charge in [-0.25, -0.2) is 0 Å². The van der Waals surface area contributed by atoms with Crippen molar-refractivity contribution in [2.24, 2.45) is 5.41 Å². The van der Waals surface area contributed by atoms with Gasteiger partial charge in [-0.2, -0.15) is 0 Å². The Bertz CT molecular complexity index is 219. The van der Waals surface area contributed by atoms with E-state index in [1.807, 2.05) is 19.9 Å². The molecule has 3 heteroatoms. The van der Waals surface area contributed by atoms with E-state index >= 15 is 0 Å². The summed E-state index contributed by atoms with van der Waals surface area (Å²) in [7, 11) is 0. The molecule has 0 aromatic rings. The van der Waals surface area contributed by atoms with Crippen LogP contribution in [0.5, 0.6) is 0 Å². The van der Waals surface area contributed by atoms with E-state index in [1.54, 1.807) is 6.08 Å². The van der Waals surface area contributed by atoms with Crippen LogP contribution in [0.15, 0.2) is 12.2 Å². The van der Waals surface area contributed by atoms with Crippen LogP contribution in [0.2, 0.25) is 0 Å². The first kappa shape index (κ1) is 11.7. The smallest absolute Gasteiger partial charge is 0.163 e. The van der Waals surface area contributed by atoms with Crippen LogP contribution >= 0.6 is 0 Å². The number of hydrogen-bond donors (Lipinski definition) is 1. The van der Waals surface area contributed by atoms with Crippen molar-refractivity contribution in [3.05, 3.63) is 12.2 Å². The van der Waals surface area contributed by atoms with Crippen molar-refractivity contribution in [1.29, 1.82) is 0 Å². The molecule has 1 heterocycles. The molecule has 0 bridgehead atoms. The molecule has 0 amide bonds. The maximum atomic E-state index is 8.72. The van der Waals surface area contributed by atoms with Gasteiger partial charge in [-0.05, 0) is 13.8 Å². The van der Waals surface area contributed by atoms with E-state index in [0.717, 1.165) is 0 Å². The fourth-order valence-corrected chi connectivity index (χ4v) is 1.52. The molecule has 0 aromatic carbocycles. The summed E-state index contributed by atoms with van der Waals surface area (Å²) in [5.74, 6) is -0.477. The third-order valence-corrected chi connectivity index (χ3v) is 2.49. The van der Waals surface area contributed by atoms with Crippen LogP contribution < -0.4 is 0 Å². The Hall–Kier alpha value is -0.380. The maximum absolute atomic E-state index is 8.72. The molecule has 0 spiro atoms. The molecule has 1 unspecified atom stereocenters. The fourth-order valence-electron chi connectivity index (χ4n) is 1.52. The van der Waals surface area contributed by atoms with Crippen molar-refractivity contribution in [3.8, 4) is 0 Å². The molecule has 0 radical (unpaired) electrons. The second kappa shape index (κ2) is 4.01. The van der Waals surface area contributed by atoms with Crippen LogP contribution in [0, 0.1) is 5.41 Å². The fraction of sp³-hybridized carbons (Fsp3) is 0.818. The van der Waals surface area contributed by atoms with Gasteiger partial charge in [0.25, 0.3) is 0 Å². The number of rotatable bonds is 3. The largest absolute Gasteiger partial charge is 0.392 e. The molecule has 1 fully saturated rings. The number of hydrogen-bond acceptors (Lipinski definition) is 3. The molecule has 1 rings (SSSR count). The third-order valence-electron chi connectivity index (χ3n) is 2.49. The third kappa shape index (κ3) is 2.80. The molecule has 82 valence electrons. The average molecular weight is 200 g/mol. The van der Waals surface area contributed by atoms with E-state index in [2.05, 4.69) is 13.8 Å². The van der Waals surface area contributed by atoms with Gasteiger partial charge >= 0.3 is 0 Å². The van der Waals surface area contributed by atoms with E-state index in [-0.39, 0.29) is 18.1 Å². The molecular formula is C11H20O3. The first-order valence-electron chi connectivity index (χ1n) is 4.98. The summed E-state index contributed by atoms with van der Waals surface area (Å²) in [5, 5.41) is 8.72. The van der Waals surface area contributed by atoms with E-state index in [1.165, 1.54) is 0 Å². The summed E-state index contributed by atoms with van der Waals surface area (Å²) in [6.45, 7) is 8.66. The normalized spacial score (nSPS) is 27.4. The van der Waals surface area contributed by atoms with Gasteiger partial charge < -0.3 is 14.6 Å². The lowest BCUT2D eigenvalue weighted by Crippen LogP contribution is -2.31. The van der Waals surface area contributed by atoms with Crippen molar-refractivity contribution >= 4 is 0 Å². The van der Waals surface area contributed by atoms with Gasteiger partial charge in [-0.3, -0.25) is 0 Å². The lowest BCUT2D eigenvalue weighted by molar-refractivity contribution is -0.147.